The van der Waals surface area contributed by atoms with E-state index in [1.807, 2.05) is 42.8 Å². The number of imidazole rings is 2. The number of aromatic nitrogens is 4. The van der Waals surface area contributed by atoms with Gasteiger partial charge in [0.25, 0.3) is 0 Å². The number of nitrogens with one attached hydrogen (secondary N) is 3. The average molecular weight is 794 g/mol. The number of benzene rings is 3. The summed E-state index contributed by atoms with van der Waals surface area (Å²) in [6.45, 7) is 14.1. The monoisotopic (exact) mass is 793 g/mol. The predicted octanol–water partition coefficient (Wildman–Crippen LogP) is 8.21. The first kappa shape index (κ1) is 40.3. The molecular weight excluding hydrogens is 739 g/mol. The van der Waals surface area contributed by atoms with Crippen LogP contribution in [0.15, 0.2) is 60.8 Å². The molecule has 0 aliphatic carbocycles. The Morgan fingerprint density at radius 1 is 0.912 bits per heavy atom. The largest absolute Gasteiger partial charge is 0.453 e. The minimum atomic E-state index is -0.897. The quantitative estimate of drug-likeness (QED) is 0.104. The third-order valence-electron chi connectivity index (χ3n) is 11.5. The molecule has 0 saturated carbocycles. The summed E-state index contributed by atoms with van der Waals surface area (Å²) in [5.74, 6) is 2.13. The normalized spacial score (nSPS) is 19.9. The summed E-state index contributed by atoms with van der Waals surface area (Å²) in [7, 11) is 1.30. The molecule has 302 valence electrons. The standard InChI is InChI=1S/C44H55N7O5S/c1-24(2)26(5)41(52)51-36(23-57-37(51)21-44(6,7)55)39-45-22-34(48-39)31-14-13-27-18-28(11-12-29(27)19-31)30-15-16-32-33(20-30)47-40(46-32)35-10-9-17-50(35)42(53)38(25(3)4)49-43(54)56-8/h11-16,18-20,22,24-26,35-38,55H,9-10,17,21,23H2,1-8H3,(H,45,48)(H,46,47)(H,49,54)/t26-,35-,36-,37?,38-/m0/s1. The summed E-state index contributed by atoms with van der Waals surface area (Å²) in [6, 6.07) is 17.9. The maximum absolute atomic E-state index is 13.8. The van der Waals surface area contributed by atoms with E-state index in [1.165, 1.54) is 7.11 Å². The highest BCUT2D eigenvalue weighted by Gasteiger charge is 2.43. The average Bonchev–Trinajstić information content (AvgIpc) is 4.00. The van der Waals surface area contributed by atoms with Gasteiger partial charge in [-0.2, -0.15) is 0 Å². The second kappa shape index (κ2) is 16.2. The highest BCUT2D eigenvalue weighted by atomic mass is 32.2. The molecule has 3 amide bonds. The van der Waals surface area contributed by atoms with Gasteiger partial charge in [-0.05, 0) is 84.7 Å². The number of thioether (sulfide) groups is 1. The number of hydrogen-bond donors (Lipinski definition) is 4. The number of aromatic amines is 2. The van der Waals surface area contributed by atoms with Crippen LogP contribution in [0.3, 0.4) is 0 Å². The molecule has 12 nitrogen and oxygen atoms in total. The van der Waals surface area contributed by atoms with Crippen LogP contribution in [-0.4, -0.2) is 89.2 Å². The molecule has 5 aromatic rings. The molecule has 7 rings (SSSR count). The van der Waals surface area contributed by atoms with Gasteiger partial charge in [0.05, 0.1) is 53.1 Å². The van der Waals surface area contributed by atoms with Gasteiger partial charge in [-0.3, -0.25) is 9.59 Å². The smallest absolute Gasteiger partial charge is 0.407 e. The molecule has 57 heavy (non-hydrogen) atoms. The molecule has 0 spiro atoms. The zero-order valence-corrected chi connectivity index (χ0v) is 34.9. The molecule has 1 unspecified atom stereocenters. The van der Waals surface area contributed by atoms with E-state index in [0.29, 0.717) is 18.7 Å². The van der Waals surface area contributed by atoms with Gasteiger partial charge < -0.3 is 34.9 Å². The van der Waals surface area contributed by atoms with Gasteiger partial charge in [0.2, 0.25) is 11.8 Å². The Hall–Kier alpha value is -4.88. The van der Waals surface area contributed by atoms with Crippen LogP contribution >= 0.6 is 11.8 Å². The second-order valence-corrected chi connectivity index (χ2v) is 18.2. The molecule has 2 saturated heterocycles. The summed E-state index contributed by atoms with van der Waals surface area (Å²) >= 11 is 1.71. The highest BCUT2D eigenvalue weighted by Crippen LogP contribution is 2.43. The lowest BCUT2D eigenvalue weighted by atomic mass is 9.95. The molecule has 13 heteroatoms. The number of methoxy groups -OCH3 is 1. The molecule has 3 aromatic carbocycles. The molecule has 0 radical (unpaired) electrons. The molecule has 2 aromatic heterocycles. The third kappa shape index (κ3) is 8.41. The van der Waals surface area contributed by atoms with Crippen molar-refractivity contribution in [3.05, 3.63) is 72.4 Å². The Kier molecular flexibility index (Phi) is 11.4. The van der Waals surface area contributed by atoms with Gasteiger partial charge in [-0.1, -0.05) is 65.0 Å². The van der Waals surface area contributed by atoms with Crippen LogP contribution in [0.1, 0.15) is 91.5 Å². The van der Waals surface area contributed by atoms with Gasteiger partial charge in [0.1, 0.15) is 17.7 Å². The van der Waals surface area contributed by atoms with E-state index >= 15 is 0 Å². The van der Waals surface area contributed by atoms with Crippen molar-refractivity contribution in [1.29, 1.82) is 0 Å². The summed E-state index contributed by atoms with van der Waals surface area (Å²) in [4.78, 5) is 60.0. The first-order valence-corrected chi connectivity index (χ1v) is 21.1. The highest BCUT2D eigenvalue weighted by molar-refractivity contribution is 8.00. The van der Waals surface area contributed by atoms with Crippen LogP contribution in [0.25, 0.3) is 44.2 Å². The van der Waals surface area contributed by atoms with Crippen molar-refractivity contribution in [2.24, 2.45) is 17.8 Å². The second-order valence-electron chi connectivity index (χ2n) is 17.0. The first-order chi connectivity index (χ1) is 27.1. The van der Waals surface area contributed by atoms with E-state index in [0.717, 1.165) is 68.7 Å². The molecule has 5 atom stereocenters. The van der Waals surface area contributed by atoms with Crippen molar-refractivity contribution in [3.8, 4) is 22.4 Å². The number of alkyl carbamates (subject to hydrolysis) is 1. The fourth-order valence-corrected chi connectivity index (χ4v) is 9.64. The van der Waals surface area contributed by atoms with Gasteiger partial charge in [-0.25, -0.2) is 14.8 Å². The van der Waals surface area contributed by atoms with Crippen molar-refractivity contribution in [1.82, 2.24) is 35.1 Å². The van der Waals surface area contributed by atoms with Crippen molar-refractivity contribution in [2.45, 2.75) is 96.8 Å². The van der Waals surface area contributed by atoms with E-state index in [9.17, 15) is 19.5 Å². The summed E-state index contributed by atoms with van der Waals surface area (Å²) < 4.78 is 4.78. The number of rotatable bonds is 11. The molecule has 4 N–H and O–H groups in total. The minimum Gasteiger partial charge on any atom is -0.453 e. The van der Waals surface area contributed by atoms with Crippen molar-refractivity contribution >= 4 is 51.5 Å². The number of aliphatic hydroxyl groups is 1. The maximum atomic E-state index is 13.8. The Morgan fingerprint density at radius 2 is 1.60 bits per heavy atom. The molecule has 2 fully saturated rings. The number of fused-ring (bicyclic) bond motifs is 2. The SMILES string of the molecule is COC(=O)N[C@H](C(=O)N1CCC[C@H]1c1nc2ccc(-c3ccc4cc(-c5cnc([C@@H]6CSC(CC(C)(C)O)N6C(=O)[C@@H](C)C(C)C)[nH]5)ccc4c3)cc2[nH]1)C(C)C. The predicted molar refractivity (Wildman–Crippen MR) is 225 cm³/mol. The maximum Gasteiger partial charge on any atom is 0.407 e. The van der Waals surface area contributed by atoms with Crippen LogP contribution in [0.5, 0.6) is 0 Å². The lowest BCUT2D eigenvalue weighted by Gasteiger charge is -2.34. The fourth-order valence-electron chi connectivity index (χ4n) is 7.98. The lowest BCUT2D eigenvalue weighted by molar-refractivity contribution is -0.139. The Labute approximate surface area is 338 Å². The topological polar surface area (TPSA) is 157 Å². The summed E-state index contributed by atoms with van der Waals surface area (Å²) in [5, 5.41) is 15.4. The van der Waals surface area contributed by atoms with E-state index in [-0.39, 0.29) is 47.0 Å². The van der Waals surface area contributed by atoms with Crippen molar-refractivity contribution in [3.63, 3.8) is 0 Å². The molecule has 0 bridgehead atoms. The minimum absolute atomic E-state index is 0.0967. The van der Waals surface area contributed by atoms with Crippen LogP contribution in [0, 0.1) is 17.8 Å². The molecular formula is C44H55N7O5S. The molecule has 2 aliphatic rings. The number of nitrogens with zero attached hydrogens (tertiary/aromatic N) is 4. The van der Waals surface area contributed by atoms with Gasteiger partial charge in [0.15, 0.2) is 0 Å². The number of ether oxygens (including phenoxy) is 1. The number of carbonyl (C=O) groups is 3. The molecule has 2 aliphatic heterocycles. The zero-order chi connectivity index (χ0) is 40.8. The Bertz CT molecular complexity index is 2280. The van der Waals surface area contributed by atoms with E-state index < -0.39 is 17.7 Å². The number of likely N-dealkylation sites (tertiary alicyclic amines) is 1. The Balaban J connectivity index is 1.09. The number of amides is 3. The van der Waals surface area contributed by atoms with Crippen molar-refractivity contribution in [2.75, 3.05) is 19.4 Å². The Morgan fingerprint density at radius 3 is 2.28 bits per heavy atom. The van der Waals surface area contributed by atoms with E-state index in [4.69, 9.17) is 14.7 Å². The lowest BCUT2D eigenvalue weighted by Crippen LogP contribution is -2.51. The fraction of sp³-hybridized carbons (Fsp3) is 0.477. The van der Waals surface area contributed by atoms with Crippen LogP contribution < -0.4 is 5.32 Å². The van der Waals surface area contributed by atoms with Gasteiger partial charge >= 0.3 is 6.09 Å². The van der Waals surface area contributed by atoms with Gasteiger partial charge in [0, 0.05) is 30.2 Å². The number of H-pyrrole nitrogens is 2. The summed E-state index contributed by atoms with van der Waals surface area (Å²) in [6.07, 6.45) is 3.35. The van der Waals surface area contributed by atoms with Gasteiger partial charge in [-0.15, -0.1) is 11.8 Å². The first-order valence-electron chi connectivity index (χ1n) is 20.0. The van der Waals surface area contributed by atoms with Crippen molar-refractivity contribution < 1.29 is 24.2 Å². The van der Waals surface area contributed by atoms with Crippen LogP contribution in [0.4, 0.5) is 4.79 Å². The third-order valence-corrected chi connectivity index (χ3v) is 12.8. The van der Waals surface area contributed by atoms with Crippen LogP contribution in [0.2, 0.25) is 0 Å². The zero-order valence-electron chi connectivity index (χ0n) is 34.1. The number of hydrogen-bond acceptors (Lipinski definition) is 8. The number of carbonyl (C=O) groups excluding carboxylic acids is 3. The van der Waals surface area contributed by atoms with E-state index in [1.54, 1.807) is 25.6 Å². The molecule has 4 heterocycles. The van der Waals surface area contributed by atoms with Crippen LogP contribution in [-0.2, 0) is 14.3 Å². The van der Waals surface area contributed by atoms with E-state index in [2.05, 4.69) is 77.7 Å². The summed E-state index contributed by atoms with van der Waals surface area (Å²) in [5.41, 5.74) is 4.84.